The van der Waals surface area contributed by atoms with E-state index in [2.05, 4.69) is 5.32 Å². The maximum absolute atomic E-state index is 12.4. The highest BCUT2D eigenvalue weighted by Gasteiger charge is 2.19. The SMILES string of the molecule is CCC(Oc1ccccc1Cl)C(=O)NCc1ccc(OC(C)C)cc1. The zero-order valence-corrected chi connectivity index (χ0v) is 15.5. The summed E-state index contributed by atoms with van der Waals surface area (Å²) in [5, 5.41) is 3.40. The molecule has 0 bridgehead atoms. The van der Waals surface area contributed by atoms with E-state index in [1.54, 1.807) is 12.1 Å². The van der Waals surface area contributed by atoms with Crippen LogP contribution in [0.4, 0.5) is 0 Å². The first kappa shape index (κ1) is 19.1. The zero-order chi connectivity index (χ0) is 18.2. The molecule has 0 saturated carbocycles. The van der Waals surface area contributed by atoms with Gasteiger partial charge in [0.25, 0.3) is 5.91 Å². The van der Waals surface area contributed by atoms with Crippen molar-refractivity contribution in [2.24, 2.45) is 0 Å². The van der Waals surface area contributed by atoms with Gasteiger partial charge in [-0.1, -0.05) is 42.8 Å². The Bertz CT molecular complexity index is 686. The second-order valence-electron chi connectivity index (χ2n) is 5.97. The summed E-state index contributed by atoms with van der Waals surface area (Å²) in [6.07, 6.45) is 0.111. The Kier molecular flexibility index (Phi) is 7.14. The van der Waals surface area contributed by atoms with Crippen molar-refractivity contribution in [2.75, 3.05) is 0 Å². The summed E-state index contributed by atoms with van der Waals surface area (Å²) < 4.78 is 11.4. The summed E-state index contributed by atoms with van der Waals surface area (Å²) in [6.45, 7) is 6.30. The van der Waals surface area contributed by atoms with Gasteiger partial charge in [-0.3, -0.25) is 4.79 Å². The molecular formula is C20H24ClNO3. The molecular weight excluding hydrogens is 338 g/mol. The molecule has 25 heavy (non-hydrogen) atoms. The molecule has 0 aliphatic heterocycles. The van der Waals surface area contributed by atoms with E-state index in [1.165, 1.54) is 0 Å². The van der Waals surface area contributed by atoms with Crippen LogP contribution < -0.4 is 14.8 Å². The predicted octanol–water partition coefficient (Wildman–Crippen LogP) is 4.60. The van der Waals surface area contributed by atoms with Gasteiger partial charge in [-0.15, -0.1) is 0 Å². The largest absolute Gasteiger partial charge is 0.491 e. The molecule has 0 aliphatic rings. The zero-order valence-electron chi connectivity index (χ0n) is 14.8. The Morgan fingerprint density at radius 3 is 2.36 bits per heavy atom. The van der Waals surface area contributed by atoms with Crippen molar-refractivity contribution >= 4 is 17.5 Å². The van der Waals surface area contributed by atoms with E-state index in [0.29, 0.717) is 23.7 Å². The van der Waals surface area contributed by atoms with E-state index >= 15 is 0 Å². The normalized spacial score (nSPS) is 11.9. The highest BCUT2D eigenvalue weighted by Crippen LogP contribution is 2.24. The fourth-order valence-corrected chi connectivity index (χ4v) is 2.46. The van der Waals surface area contributed by atoms with Crippen LogP contribution >= 0.6 is 11.6 Å². The number of rotatable bonds is 8. The molecule has 4 nitrogen and oxygen atoms in total. The summed E-state index contributed by atoms with van der Waals surface area (Å²) in [7, 11) is 0. The van der Waals surface area contributed by atoms with Gasteiger partial charge >= 0.3 is 0 Å². The first-order valence-electron chi connectivity index (χ1n) is 8.44. The average molecular weight is 362 g/mol. The second kappa shape index (κ2) is 9.33. The third-order valence-corrected chi connectivity index (χ3v) is 3.84. The quantitative estimate of drug-likeness (QED) is 0.747. The summed E-state index contributed by atoms with van der Waals surface area (Å²) in [4.78, 5) is 12.4. The number of amides is 1. The molecule has 0 aromatic heterocycles. The van der Waals surface area contributed by atoms with Crippen LogP contribution in [0.3, 0.4) is 0 Å². The molecule has 5 heteroatoms. The highest BCUT2D eigenvalue weighted by atomic mass is 35.5. The van der Waals surface area contributed by atoms with Crippen LogP contribution in [-0.2, 0) is 11.3 Å². The van der Waals surface area contributed by atoms with Gasteiger partial charge in [0.2, 0.25) is 0 Å². The molecule has 2 aromatic carbocycles. The van der Waals surface area contributed by atoms with Crippen molar-refractivity contribution in [1.29, 1.82) is 0 Å². The van der Waals surface area contributed by atoms with Crippen molar-refractivity contribution in [3.05, 3.63) is 59.1 Å². The lowest BCUT2D eigenvalue weighted by molar-refractivity contribution is -0.128. The maximum atomic E-state index is 12.4. The Labute approximate surface area is 154 Å². The van der Waals surface area contributed by atoms with Crippen molar-refractivity contribution in [3.63, 3.8) is 0 Å². The third-order valence-electron chi connectivity index (χ3n) is 3.53. The van der Waals surface area contributed by atoms with E-state index in [0.717, 1.165) is 11.3 Å². The summed E-state index contributed by atoms with van der Waals surface area (Å²) in [5.41, 5.74) is 0.997. The molecule has 1 amide bonds. The molecule has 2 rings (SSSR count). The van der Waals surface area contributed by atoms with Crippen LogP contribution in [0.2, 0.25) is 5.02 Å². The molecule has 0 aliphatic carbocycles. The molecule has 134 valence electrons. The van der Waals surface area contributed by atoms with Gasteiger partial charge in [-0.05, 0) is 50.1 Å². The predicted molar refractivity (Wildman–Crippen MR) is 100 cm³/mol. The van der Waals surface area contributed by atoms with Gasteiger partial charge in [-0.2, -0.15) is 0 Å². The average Bonchev–Trinajstić information content (AvgIpc) is 2.59. The molecule has 0 radical (unpaired) electrons. The van der Waals surface area contributed by atoms with Gasteiger partial charge in [0.15, 0.2) is 6.10 Å². The van der Waals surface area contributed by atoms with Crippen molar-refractivity contribution in [2.45, 2.75) is 45.9 Å². The lowest BCUT2D eigenvalue weighted by atomic mass is 10.2. The van der Waals surface area contributed by atoms with Gasteiger partial charge in [-0.25, -0.2) is 0 Å². The Balaban J connectivity index is 1.90. The van der Waals surface area contributed by atoms with Crippen LogP contribution in [0, 0.1) is 0 Å². The number of hydrogen-bond donors (Lipinski definition) is 1. The minimum absolute atomic E-state index is 0.137. The fourth-order valence-electron chi connectivity index (χ4n) is 2.28. The molecule has 1 N–H and O–H groups in total. The Morgan fingerprint density at radius 1 is 1.08 bits per heavy atom. The van der Waals surface area contributed by atoms with E-state index in [-0.39, 0.29) is 12.0 Å². The summed E-state index contributed by atoms with van der Waals surface area (Å²) >= 11 is 6.09. The van der Waals surface area contributed by atoms with E-state index in [4.69, 9.17) is 21.1 Å². The van der Waals surface area contributed by atoms with Crippen molar-refractivity contribution in [3.8, 4) is 11.5 Å². The highest BCUT2D eigenvalue weighted by molar-refractivity contribution is 6.32. The Morgan fingerprint density at radius 2 is 1.76 bits per heavy atom. The standard InChI is InChI=1S/C20H24ClNO3/c1-4-18(25-19-8-6-5-7-17(19)21)20(23)22-13-15-9-11-16(12-10-15)24-14(2)3/h5-12,14,18H,4,13H2,1-3H3,(H,22,23). The smallest absolute Gasteiger partial charge is 0.261 e. The molecule has 0 spiro atoms. The summed E-state index contributed by atoms with van der Waals surface area (Å²) in [6, 6.07) is 14.8. The van der Waals surface area contributed by atoms with Crippen LogP contribution in [0.1, 0.15) is 32.8 Å². The second-order valence-corrected chi connectivity index (χ2v) is 6.38. The molecule has 0 heterocycles. The van der Waals surface area contributed by atoms with Crippen LogP contribution in [0.15, 0.2) is 48.5 Å². The van der Waals surface area contributed by atoms with Crippen molar-refractivity contribution in [1.82, 2.24) is 5.32 Å². The lowest BCUT2D eigenvalue weighted by Gasteiger charge is -2.18. The molecule has 0 saturated heterocycles. The maximum Gasteiger partial charge on any atom is 0.261 e. The molecule has 1 atom stereocenters. The number of hydrogen-bond acceptors (Lipinski definition) is 3. The number of nitrogens with one attached hydrogen (secondary N) is 1. The number of ether oxygens (including phenoxy) is 2. The first-order valence-corrected chi connectivity index (χ1v) is 8.82. The summed E-state index contributed by atoms with van der Waals surface area (Å²) in [5.74, 6) is 1.17. The number of carbonyl (C=O) groups is 1. The molecule has 2 aromatic rings. The van der Waals surface area contributed by atoms with Gasteiger partial charge < -0.3 is 14.8 Å². The van der Waals surface area contributed by atoms with E-state index in [1.807, 2.05) is 57.2 Å². The van der Waals surface area contributed by atoms with Crippen LogP contribution in [0.25, 0.3) is 0 Å². The number of halogens is 1. The topological polar surface area (TPSA) is 47.6 Å². The lowest BCUT2D eigenvalue weighted by Crippen LogP contribution is -2.37. The monoisotopic (exact) mass is 361 g/mol. The fraction of sp³-hybridized carbons (Fsp3) is 0.350. The van der Waals surface area contributed by atoms with Crippen LogP contribution in [-0.4, -0.2) is 18.1 Å². The van der Waals surface area contributed by atoms with Gasteiger partial charge in [0, 0.05) is 6.54 Å². The number of carbonyl (C=O) groups excluding carboxylic acids is 1. The number of benzene rings is 2. The third kappa shape index (κ3) is 5.98. The minimum atomic E-state index is -0.580. The molecule has 0 fully saturated rings. The van der Waals surface area contributed by atoms with E-state index in [9.17, 15) is 4.79 Å². The minimum Gasteiger partial charge on any atom is -0.491 e. The van der Waals surface area contributed by atoms with Crippen molar-refractivity contribution < 1.29 is 14.3 Å². The number of para-hydroxylation sites is 1. The first-order chi connectivity index (χ1) is 12.0. The Hall–Kier alpha value is -2.20. The molecule has 1 unspecified atom stereocenters. The van der Waals surface area contributed by atoms with E-state index < -0.39 is 6.10 Å². The van der Waals surface area contributed by atoms with Gasteiger partial charge in [0.05, 0.1) is 11.1 Å². The van der Waals surface area contributed by atoms with Gasteiger partial charge in [0.1, 0.15) is 11.5 Å². The van der Waals surface area contributed by atoms with Crippen LogP contribution in [0.5, 0.6) is 11.5 Å².